The molecule has 0 unspecified atom stereocenters. The predicted octanol–water partition coefficient (Wildman–Crippen LogP) is 2.48. The van der Waals surface area contributed by atoms with Crippen molar-refractivity contribution in [3.05, 3.63) is 32.3 Å². The lowest BCUT2D eigenvalue weighted by Crippen LogP contribution is -1.94. The average Bonchev–Trinajstić information content (AvgIpc) is 2.00. The number of hydrogen-bond donors (Lipinski definition) is 1. The molecule has 1 aromatic carbocycles. The van der Waals surface area contributed by atoms with E-state index in [2.05, 4.69) is 0 Å². The zero-order chi connectivity index (χ0) is 9.30. The van der Waals surface area contributed by atoms with E-state index in [9.17, 15) is 10.1 Å². The van der Waals surface area contributed by atoms with E-state index in [0.717, 1.165) is 0 Å². The highest BCUT2D eigenvalue weighted by Crippen LogP contribution is 2.34. The fraction of sp³-hybridized carbons (Fsp3) is 0. The molecule has 64 valence electrons. The third kappa shape index (κ3) is 1.44. The smallest absolute Gasteiger partial charge is 0.290 e. The van der Waals surface area contributed by atoms with Gasteiger partial charge in [-0.05, 0) is 6.07 Å². The Hall–Kier alpha value is -1.00. The molecule has 4 nitrogen and oxygen atoms in total. The maximum Gasteiger partial charge on any atom is 0.290 e. The van der Waals surface area contributed by atoms with Crippen LogP contribution < -0.4 is 5.73 Å². The van der Waals surface area contributed by atoms with E-state index in [4.69, 9.17) is 28.9 Å². The van der Waals surface area contributed by atoms with Crippen LogP contribution in [0.3, 0.4) is 0 Å². The van der Waals surface area contributed by atoms with Gasteiger partial charge in [0.05, 0.1) is 15.6 Å². The zero-order valence-corrected chi connectivity index (χ0v) is 7.26. The second-order valence-corrected chi connectivity index (χ2v) is 2.84. The number of nitro groups is 1. The molecule has 0 bridgehead atoms. The first-order valence-corrected chi connectivity index (χ1v) is 3.67. The number of nitro benzene ring substituents is 1. The molecule has 0 aliphatic rings. The standard InChI is InChI=1S/C6H4Cl2N2O2/c7-3-1-2-4(10(11)12)5(8)6(3)9/h1-2H,9H2. The number of anilines is 1. The number of hydrogen-bond acceptors (Lipinski definition) is 3. The minimum Gasteiger partial charge on any atom is -0.396 e. The highest BCUT2D eigenvalue weighted by Gasteiger charge is 2.15. The fourth-order valence-corrected chi connectivity index (χ4v) is 1.14. The fourth-order valence-electron chi connectivity index (χ4n) is 0.699. The van der Waals surface area contributed by atoms with Gasteiger partial charge in [-0.2, -0.15) is 0 Å². The average molecular weight is 207 g/mol. The van der Waals surface area contributed by atoms with E-state index in [1.54, 1.807) is 0 Å². The lowest BCUT2D eigenvalue weighted by atomic mass is 10.3. The van der Waals surface area contributed by atoms with E-state index >= 15 is 0 Å². The molecule has 0 saturated heterocycles. The Morgan fingerprint density at radius 3 is 2.50 bits per heavy atom. The van der Waals surface area contributed by atoms with E-state index < -0.39 is 4.92 Å². The van der Waals surface area contributed by atoms with Crippen LogP contribution in [0.15, 0.2) is 12.1 Å². The summed E-state index contributed by atoms with van der Waals surface area (Å²) >= 11 is 11.1. The van der Waals surface area contributed by atoms with Crippen molar-refractivity contribution in [3.8, 4) is 0 Å². The minimum absolute atomic E-state index is 0.0348. The van der Waals surface area contributed by atoms with Gasteiger partial charge in [-0.25, -0.2) is 0 Å². The highest BCUT2D eigenvalue weighted by atomic mass is 35.5. The Morgan fingerprint density at radius 2 is 2.00 bits per heavy atom. The van der Waals surface area contributed by atoms with Crippen molar-refractivity contribution in [1.82, 2.24) is 0 Å². The zero-order valence-electron chi connectivity index (χ0n) is 5.75. The summed E-state index contributed by atoms with van der Waals surface area (Å²) in [5.41, 5.74) is 5.15. The Morgan fingerprint density at radius 1 is 1.42 bits per heavy atom. The molecule has 0 aliphatic heterocycles. The summed E-state index contributed by atoms with van der Waals surface area (Å²) in [4.78, 5) is 9.69. The lowest BCUT2D eigenvalue weighted by Gasteiger charge is -2.00. The lowest BCUT2D eigenvalue weighted by molar-refractivity contribution is -0.384. The third-order valence-electron chi connectivity index (χ3n) is 1.30. The summed E-state index contributed by atoms with van der Waals surface area (Å²) < 4.78 is 0. The summed E-state index contributed by atoms with van der Waals surface area (Å²) in [6.07, 6.45) is 0. The molecule has 0 aromatic heterocycles. The first kappa shape index (κ1) is 9.09. The molecule has 0 radical (unpaired) electrons. The molecule has 0 atom stereocenters. The normalized spacial score (nSPS) is 9.83. The molecule has 0 aliphatic carbocycles. The highest BCUT2D eigenvalue weighted by molar-refractivity contribution is 6.40. The van der Waals surface area contributed by atoms with E-state index in [1.165, 1.54) is 12.1 Å². The van der Waals surface area contributed by atoms with Crippen molar-refractivity contribution in [1.29, 1.82) is 0 Å². The Bertz CT molecular complexity index is 341. The number of nitrogen functional groups attached to an aromatic ring is 1. The van der Waals surface area contributed by atoms with Crippen molar-refractivity contribution < 1.29 is 4.92 Å². The van der Waals surface area contributed by atoms with Crippen LogP contribution in [0.1, 0.15) is 0 Å². The van der Waals surface area contributed by atoms with Gasteiger partial charge in [-0.3, -0.25) is 10.1 Å². The summed E-state index contributed by atoms with van der Waals surface area (Å²) in [6, 6.07) is 2.54. The van der Waals surface area contributed by atoms with Gasteiger partial charge in [0.1, 0.15) is 5.02 Å². The second kappa shape index (κ2) is 3.16. The third-order valence-corrected chi connectivity index (χ3v) is 2.03. The monoisotopic (exact) mass is 206 g/mol. The molecule has 12 heavy (non-hydrogen) atoms. The maximum atomic E-state index is 10.3. The Balaban J connectivity index is 3.36. The van der Waals surface area contributed by atoms with E-state index in [0.29, 0.717) is 0 Å². The number of benzene rings is 1. The predicted molar refractivity (Wildman–Crippen MR) is 47.5 cm³/mol. The summed E-state index contributed by atoms with van der Waals surface area (Å²) in [7, 11) is 0. The molecule has 0 amide bonds. The molecule has 0 spiro atoms. The molecule has 1 rings (SSSR count). The first-order chi connectivity index (χ1) is 5.54. The molecule has 0 heterocycles. The van der Waals surface area contributed by atoms with Crippen molar-refractivity contribution in [2.24, 2.45) is 0 Å². The summed E-state index contributed by atoms with van der Waals surface area (Å²) in [6.45, 7) is 0. The SMILES string of the molecule is Nc1c(Cl)ccc([N+](=O)[O-])c1Cl. The van der Waals surface area contributed by atoms with Crippen LogP contribution in [0.5, 0.6) is 0 Å². The molecule has 0 saturated carbocycles. The van der Waals surface area contributed by atoms with Crippen molar-refractivity contribution in [2.75, 3.05) is 5.73 Å². The minimum atomic E-state index is -0.616. The van der Waals surface area contributed by atoms with Gasteiger partial charge in [-0.1, -0.05) is 23.2 Å². The summed E-state index contributed by atoms with van der Waals surface area (Å²) in [5, 5.41) is 10.4. The van der Waals surface area contributed by atoms with E-state index in [1.807, 2.05) is 0 Å². The number of rotatable bonds is 1. The van der Waals surface area contributed by atoms with Crippen molar-refractivity contribution in [3.63, 3.8) is 0 Å². The van der Waals surface area contributed by atoms with Crippen molar-refractivity contribution in [2.45, 2.75) is 0 Å². The van der Waals surface area contributed by atoms with Crippen LogP contribution in [-0.2, 0) is 0 Å². The van der Waals surface area contributed by atoms with Crippen LogP contribution in [0.2, 0.25) is 10.0 Å². The molecule has 1 aromatic rings. The Kier molecular flexibility index (Phi) is 2.40. The van der Waals surface area contributed by atoms with Crippen LogP contribution in [-0.4, -0.2) is 4.92 Å². The number of nitrogens with zero attached hydrogens (tertiary/aromatic N) is 1. The van der Waals surface area contributed by atoms with Gasteiger partial charge in [0.2, 0.25) is 0 Å². The van der Waals surface area contributed by atoms with Gasteiger partial charge < -0.3 is 5.73 Å². The molecular formula is C6H4Cl2N2O2. The Labute approximate surface area is 78.0 Å². The van der Waals surface area contributed by atoms with Gasteiger partial charge in [0.15, 0.2) is 0 Å². The molecular weight excluding hydrogens is 203 g/mol. The van der Waals surface area contributed by atoms with E-state index in [-0.39, 0.29) is 21.4 Å². The topological polar surface area (TPSA) is 69.2 Å². The quantitative estimate of drug-likeness (QED) is 0.436. The summed E-state index contributed by atoms with van der Waals surface area (Å²) in [5.74, 6) is 0. The molecule has 6 heteroatoms. The molecule has 2 N–H and O–H groups in total. The van der Waals surface area contributed by atoms with Gasteiger partial charge in [0.25, 0.3) is 5.69 Å². The second-order valence-electron chi connectivity index (χ2n) is 2.05. The van der Waals surface area contributed by atoms with Gasteiger partial charge in [-0.15, -0.1) is 0 Å². The largest absolute Gasteiger partial charge is 0.396 e. The molecule has 0 fully saturated rings. The number of nitrogens with two attached hydrogens (primary N) is 1. The maximum absolute atomic E-state index is 10.3. The van der Waals surface area contributed by atoms with Crippen LogP contribution in [0.4, 0.5) is 11.4 Å². The number of halogens is 2. The van der Waals surface area contributed by atoms with Crippen LogP contribution in [0.25, 0.3) is 0 Å². The van der Waals surface area contributed by atoms with Crippen molar-refractivity contribution >= 4 is 34.6 Å². The van der Waals surface area contributed by atoms with Crippen LogP contribution in [0, 0.1) is 10.1 Å². The van der Waals surface area contributed by atoms with Gasteiger partial charge >= 0.3 is 0 Å². The van der Waals surface area contributed by atoms with Crippen LogP contribution >= 0.6 is 23.2 Å². The first-order valence-electron chi connectivity index (χ1n) is 2.92. The van der Waals surface area contributed by atoms with Gasteiger partial charge in [0, 0.05) is 6.07 Å².